The topological polar surface area (TPSA) is 53.7 Å². The Morgan fingerprint density at radius 3 is 3.06 bits per heavy atom. The highest BCUT2D eigenvalue weighted by Crippen LogP contribution is 2.35. The van der Waals surface area contributed by atoms with Gasteiger partial charge in [-0.15, -0.1) is 0 Å². The lowest BCUT2D eigenvalue weighted by atomic mass is 9.90. The summed E-state index contributed by atoms with van der Waals surface area (Å²) in [4.78, 5) is 13.7. The Morgan fingerprint density at radius 2 is 2.47 bits per heavy atom. The normalized spacial score (nSPS) is 25.2. The fourth-order valence-corrected chi connectivity index (χ4v) is 2.81. The lowest BCUT2D eigenvalue weighted by Gasteiger charge is -2.34. The minimum Gasteiger partial charge on any atom is -0.480 e. The maximum Gasteiger partial charge on any atom is 0.324 e. The third kappa shape index (κ3) is 2.22. The van der Waals surface area contributed by atoms with Crippen LogP contribution in [0.2, 0.25) is 0 Å². The first-order chi connectivity index (χ1) is 8.19. The van der Waals surface area contributed by atoms with Crippen LogP contribution in [0.1, 0.15) is 38.2 Å². The number of hydrogen-bond donors (Lipinski definition) is 1. The van der Waals surface area contributed by atoms with Crippen LogP contribution in [0, 0.1) is 0 Å². The molecule has 0 amide bonds. The fraction of sp³-hybridized carbons (Fsp3) is 0.615. The molecule has 1 aliphatic rings. The maximum atomic E-state index is 11.6. The lowest BCUT2D eigenvalue weighted by molar-refractivity contribution is -0.150. The van der Waals surface area contributed by atoms with Crippen LogP contribution in [-0.2, 0) is 11.3 Å². The largest absolute Gasteiger partial charge is 0.480 e. The lowest BCUT2D eigenvalue weighted by Crippen LogP contribution is -2.49. The number of hydrogen-bond acceptors (Lipinski definition) is 3. The number of rotatable bonds is 5. The Kier molecular flexibility index (Phi) is 3.52. The summed E-state index contributed by atoms with van der Waals surface area (Å²) in [6.07, 6.45) is 6.66. The smallest absolute Gasteiger partial charge is 0.324 e. The van der Waals surface area contributed by atoms with Crippen LogP contribution in [0.25, 0.3) is 0 Å². The number of carboxylic acid groups (broad SMARTS) is 1. The molecule has 1 saturated heterocycles. The fourth-order valence-electron chi connectivity index (χ4n) is 2.81. The molecule has 94 valence electrons. The molecule has 0 aliphatic carbocycles. The van der Waals surface area contributed by atoms with Crippen molar-refractivity contribution in [1.29, 1.82) is 0 Å². The number of likely N-dealkylation sites (tertiary alicyclic amines) is 1. The van der Waals surface area contributed by atoms with Crippen molar-refractivity contribution in [1.82, 2.24) is 4.90 Å². The van der Waals surface area contributed by atoms with E-state index in [9.17, 15) is 9.90 Å². The number of carbonyl (C=O) groups is 1. The molecule has 0 saturated carbocycles. The Labute approximate surface area is 101 Å². The Morgan fingerprint density at radius 1 is 1.65 bits per heavy atom. The molecule has 2 heterocycles. The van der Waals surface area contributed by atoms with Crippen molar-refractivity contribution in [2.75, 3.05) is 6.54 Å². The van der Waals surface area contributed by atoms with E-state index in [0.29, 0.717) is 6.54 Å². The number of carboxylic acids is 1. The quantitative estimate of drug-likeness (QED) is 0.854. The summed E-state index contributed by atoms with van der Waals surface area (Å²) in [5.74, 6) is -0.680. The van der Waals surface area contributed by atoms with Crippen LogP contribution in [-0.4, -0.2) is 28.1 Å². The minimum atomic E-state index is -0.680. The first-order valence-electron chi connectivity index (χ1n) is 6.18. The molecule has 0 aromatic carbocycles. The molecule has 2 rings (SSSR count). The molecule has 1 N–H and O–H groups in total. The van der Waals surface area contributed by atoms with Gasteiger partial charge >= 0.3 is 5.97 Å². The molecule has 0 spiro atoms. The van der Waals surface area contributed by atoms with E-state index in [-0.39, 0.29) is 0 Å². The molecular formula is C13H19NO3. The standard InChI is InChI=1S/C13H19NO3/c1-2-5-13(12(15)16)6-3-7-14(13)9-11-4-8-17-10-11/h4,8,10H,2-3,5-7,9H2,1H3,(H,15,16). The van der Waals surface area contributed by atoms with Crippen LogP contribution in [0.15, 0.2) is 23.0 Å². The number of aliphatic carboxylic acids is 1. The zero-order valence-corrected chi connectivity index (χ0v) is 10.2. The summed E-state index contributed by atoms with van der Waals surface area (Å²) >= 11 is 0. The van der Waals surface area contributed by atoms with E-state index in [1.165, 1.54) is 0 Å². The average molecular weight is 237 g/mol. The van der Waals surface area contributed by atoms with Gasteiger partial charge in [-0.25, -0.2) is 0 Å². The molecule has 1 aromatic heterocycles. The van der Waals surface area contributed by atoms with Crippen molar-refractivity contribution in [3.8, 4) is 0 Å². The van der Waals surface area contributed by atoms with Crippen molar-refractivity contribution in [2.24, 2.45) is 0 Å². The van der Waals surface area contributed by atoms with Gasteiger partial charge in [0.25, 0.3) is 0 Å². The van der Waals surface area contributed by atoms with Gasteiger partial charge in [-0.05, 0) is 31.9 Å². The van der Waals surface area contributed by atoms with E-state index in [2.05, 4.69) is 4.90 Å². The summed E-state index contributed by atoms with van der Waals surface area (Å²) in [6, 6.07) is 1.90. The summed E-state index contributed by atoms with van der Waals surface area (Å²) in [5, 5.41) is 9.53. The highest BCUT2D eigenvalue weighted by molar-refractivity contribution is 5.79. The highest BCUT2D eigenvalue weighted by Gasteiger charge is 2.46. The monoisotopic (exact) mass is 237 g/mol. The van der Waals surface area contributed by atoms with Gasteiger partial charge in [0.2, 0.25) is 0 Å². The third-order valence-electron chi connectivity index (χ3n) is 3.64. The van der Waals surface area contributed by atoms with Crippen LogP contribution >= 0.6 is 0 Å². The van der Waals surface area contributed by atoms with Gasteiger partial charge in [0, 0.05) is 12.1 Å². The zero-order chi connectivity index (χ0) is 12.3. The molecule has 1 atom stereocenters. The second kappa shape index (κ2) is 4.92. The predicted molar refractivity (Wildman–Crippen MR) is 63.6 cm³/mol. The Balaban J connectivity index is 2.16. The molecule has 17 heavy (non-hydrogen) atoms. The van der Waals surface area contributed by atoms with E-state index < -0.39 is 11.5 Å². The van der Waals surface area contributed by atoms with Gasteiger partial charge in [-0.1, -0.05) is 13.3 Å². The second-order valence-electron chi connectivity index (χ2n) is 4.74. The van der Waals surface area contributed by atoms with E-state index in [1.54, 1.807) is 12.5 Å². The molecule has 0 bridgehead atoms. The van der Waals surface area contributed by atoms with E-state index in [1.807, 2.05) is 13.0 Å². The van der Waals surface area contributed by atoms with E-state index in [4.69, 9.17) is 4.42 Å². The van der Waals surface area contributed by atoms with Crippen LogP contribution in [0.4, 0.5) is 0 Å². The Hall–Kier alpha value is -1.29. The van der Waals surface area contributed by atoms with Crippen LogP contribution in [0.5, 0.6) is 0 Å². The average Bonchev–Trinajstić information content (AvgIpc) is 2.91. The summed E-state index contributed by atoms with van der Waals surface area (Å²) in [5.41, 5.74) is 0.389. The Bertz CT molecular complexity index is 374. The molecule has 1 aliphatic heterocycles. The number of furan rings is 1. The second-order valence-corrected chi connectivity index (χ2v) is 4.74. The van der Waals surface area contributed by atoms with Gasteiger partial charge in [-0.2, -0.15) is 0 Å². The molecular weight excluding hydrogens is 218 g/mol. The van der Waals surface area contributed by atoms with Gasteiger partial charge in [0.1, 0.15) is 5.54 Å². The van der Waals surface area contributed by atoms with E-state index >= 15 is 0 Å². The predicted octanol–water partition coefficient (Wildman–Crippen LogP) is 2.50. The van der Waals surface area contributed by atoms with Crippen molar-refractivity contribution in [2.45, 2.75) is 44.7 Å². The SMILES string of the molecule is CCCC1(C(=O)O)CCCN1Cc1ccoc1. The minimum absolute atomic E-state index is 0.661. The summed E-state index contributed by atoms with van der Waals surface area (Å²) in [7, 11) is 0. The molecule has 1 fully saturated rings. The summed E-state index contributed by atoms with van der Waals surface area (Å²) < 4.78 is 5.04. The van der Waals surface area contributed by atoms with Gasteiger partial charge in [0.15, 0.2) is 0 Å². The molecule has 0 radical (unpaired) electrons. The molecule has 4 nitrogen and oxygen atoms in total. The van der Waals surface area contributed by atoms with Gasteiger partial charge < -0.3 is 9.52 Å². The van der Waals surface area contributed by atoms with Crippen LogP contribution in [0.3, 0.4) is 0 Å². The summed E-state index contributed by atoms with van der Waals surface area (Å²) in [6.45, 7) is 3.57. The van der Waals surface area contributed by atoms with Crippen molar-refractivity contribution < 1.29 is 14.3 Å². The number of nitrogens with zero attached hydrogens (tertiary/aromatic N) is 1. The molecule has 1 unspecified atom stereocenters. The van der Waals surface area contributed by atoms with Gasteiger partial charge in [0.05, 0.1) is 12.5 Å². The molecule has 1 aromatic rings. The first-order valence-corrected chi connectivity index (χ1v) is 6.18. The maximum absolute atomic E-state index is 11.6. The van der Waals surface area contributed by atoms with Crippen molar-refractivity contribution in [3.63, 3.8) is 0 Å². The third-order valence-corrected chi connectivity index (χ3v) is 3.64. The van der Waals surface area contributed by atoms with Gasteiger partial charge in [-0.3, -0.25) is 9.69 Å². The van der Waals surface area contributed by atoms with Crippen LogP contribution < -0.4 is 0 Å². The van der Waals surface area contributed by atoms with Crippen molar-refractivity contribution in [3.05, 3.63) is 24.2 Å². The molecule has 4 heteroatoms. The first kappa shape index (κ1) is 12.2. The van der Waals surface area contributed by atoms with E-state index in [0.717, 1.165) is 37.8 Å². The highest BCUT2D eigenvalue weighted by atomic mass is 16.4. The zero-order valence-electron chi connectivity index (χ0n) is 10.2. The van der Waals surface area contributed by atoms with Crippen molar-refractivity contribution >= 4 is 5.97 Å².